The van der Waals surface area contributed by atoms with E-state index in [0.717, 1.165) is 35.3 Å². The Labute approximate surface area is 151 Å². The van der Waals surface area contributed by atoms with E-state index in [1.807, 2.05) is 30.3 Å². The van der Waals surface area contributed by atoms with E-state index in [-0.39, 0.29) is 0 Å². The highest BCUT2D eigenvalue weighted by Gasteiger charge is 2.12. The quantitative estimate of drug-likeness (QED) is 0.662. The molecule has 1 aromatic heterocycles. The number of carbonyl (C=O) groups is 1. The number of hydrogen-bond donors (Lipinski definition) is 1. The standard InChI is InChI=1S/C19H20N4OS/c1-2-23-17(12-14-6-4-3-5-7-14)21-22-19(23)25-13-15-8-10-16(11-9-15)18(20)24/h3-11H,2,12-13H2,1H3,(H2,20,24). The van der Waals surface area contributed by atoms with E-state index in [9.17, 15) is 4.79 Å². The number of benzene rings is 2. The van der Waals surface area contributed by atoms with Crippen LogP contribution in [-0.4, -0.2) is 20.7 Å². The molecule has 0 saturated carbocycles. The van der Waals surface area contributed by atoms with Crippen LogP contribution in [0, 0.1) is 0 Å². The zero-order valence-electron chi connectivity index (χ0n) is 14.1. The molecule has 6 heteroatoms. The predicted octanol–water partition coefficient (Wildman–Crippen LogP) is 3.28. The summed E-state index contributed by atoms with van der Waals surface area (Å²) in [5, 5.41) is 9.62. The number of thioether (sulfide) groups is 1. The zero-order valence-corrected chi connectivity index (χ0v) is 14.9. The van der Waals surface area contributed by atoms with Crippen LogP contribution in [0.4, 0.5) is 0 Å². The van der Waals surface area contributed by atoms with Crippen LogP contribution >= 0.6 is 11.8 Å². The lowest BCUT2D eigenvalue weighted by molar-refractivity contribution is 0.100. The van der Waals surface area contributed by atoms with Crippen molar-refractivity contribution < 1.29 is 4.79 Å². The van der Waals surface area contributed by atoms with Gasteiger partial charge in [-0.1, -0.05) is 54.2 Å². The Morgan fingerprint density at radius 1 is 1.04 bits per heavy atom. The maximum Gasteiger partial charge on any atom is 0.248 e. The number of amides is 1. The van der Waals surface area contributed by atoms with E-state index in [1.54, 1.807) is 23.9 Å². The number of rotatable bonds is 7. The fourth-order valence-corrected chi connectivity index (χ4v) is 3.54. The Balaban J connectivity index is 1.69. The summed E-state index contributed by atoms with van der Waals surface area (Å²) < 4.78 is 2.15. The van der Waals surface area contributed by atoms with Gasteiger partial charge in [-0.3, -0.25) is 4.79 Å². The SMILES string of the molecule is CCn1c(Cc2ccccc2)nnc1SCc1ccc(C(N)=O)cc1. The molecule has 25 heavy (non-hydrogen) atoms. The first-order valence-corrected chi connectivity index (χ1v) is 9.13. The van der Waals surface area contributed by atoms with Gasteiger partial charge < -0.3 is 10.3 Å². The number of nitrogens with zero attached hydrogens (tertiary/aromatic N) is 3. The Hall–Kier alpha value is -2.60. The van der Waals surface area contributed by atoms with Gasteiger partial charge in [0.15, 0.2) is 5.16 Å². The molecular weight excluding hydrogens is 332 g/mol. The normalized spacial score (nSPS) is 10.8. The third-order valence-electron chi connectivity index (χ3n) is 3.92. The Morgan fingerprint density at radius 3 is 2.40 bits per heavy atom. The van der Waals surface area contributed by atoms with Gasteiger partial charge in [0.2, 0.25) is 5.91 Å². The largest absolute Gasteiger partial charge is 0.366 e. The first kappa shape index (κ1) is 17.2. The minimum absolute atomic E-state index is 0.407. The summed E-state index contributed by atoms with van der Waals surface area (Å²) >= 11 is 1.64. The third-order valence-corrected chi connectivity index (χ3v) is 4.96. The van der Waals surface area contributed by atoms with Crippen molar-refractivity contribution in [3.8, 4) is 0 Å². The first-order chi connectivity index (χ1) is 12.2. The molecule has 0 radical (unpaired) electrons. The lowest BCUT2D eigenvalue weighted by Crippen LogP contribution is -2.10. The van der Waals surface area contributed by atoms with Crippen molar-refractivity contribution >= 4 is 17.7 Å². The molecule has 0 fully saturated rings. The zero-order chi connectivity index (χ0) is 17.6. The van der Waals surface area contributed by atoms with Crippen molar-refractivity contribution in [2.45, 2.75) is 30.8 Å². The molecule has 1 heterocycles. The van der Waals surface area contributed by atoms with Crippen LogP contribution in [0.15, 0.2) is 59.8 Å². The monoisotopic (exact) mass is 352 g/mol. The van der Waals surface area contributed by atoms with Crippen LogP contribution in [0.25, 0.3) is 0 Å². The van der Waals surface area contributed by atoms with Crippen LogP contribution < -0.4 is 5.73 Å². The second kappa shape index (κ2) is 7.98. The first-order valence-electron chi connectivity index (χ1n) is 8.15. The fraction of sp³-hybridized carbons (Fsp3) is 0.211. The highest BCUT2D eigenvalue weighted by atomic mass is 32.2. The van der Waals surface area contributed by atoms with E-state index in [1.165, 1.54) is 5.56 Å². The average Bonchev–Trinajstić information content (AvgIpc) is 3.02. The summed E-state index contributed by atoms with van der Waals surface area (Å²) in [6, 6.07) is 17.6. The smallest absolute Gasteiger partial charge is 0.248 e. The summed E-state index contributed by atoms with van der Waals surface area (Å²) in [7, 11) is 0. The molecule has 0 bridgehead atoms. The Kier molecular flexibility index (Phi) is 5.50. The van der Waals surface area contributed by atoms with Crippen molar-refractivity contribution in [3.63, 3.8) is 0 Å². The molecule has 0 aliphatic rings. The number of hydrogen-bond acceptors (Lipinski definition) is 4. The summed E-state index contributed by atoms with van der Waals surface area (Å²) in [6.07, 6.45) is 0.773. The lowest BCUT2D eigenvalue weighted by Gasteiger charge is -2.07. The van der Waals surface area contributed by atoms with Crippen LogP contribution in [0.5, 0.6) is 0 Å². The molecule has 2 aromatic carbocycles. The maximum absolute atomic E-state index is 11.1. The second-order valence-electron chi connectivity index (χ2n) is 5.66. The Morgan fingerprint density at radius 2 is 1.76 bits per heavy atom. The van der Waals surface area contributed by atoms with Gasteiger partial charge in [-0.15, -0.1) is 10.2 Å². The molecule has 3 rings (SSSR count). The highest BCUT2D eigenvalue weighted by molar-refractivity contribution is 7.98. The van der Waals surface area contributed by atoms with Gasteiger partial charge >= 0.3 is 0 Å². The van der Waals surface area contributed by atoms with E-state index >= 15 is 0 Å². The van der Waals surface area contributed by atoms with Gasteiger partial charge in [0.25, 0.3) is 0 Å². The van der Waals surface area contributed by atoms with Gasteiger partial charge in [0, 0.05) is 24.3 Å². The Bertz CT molecular complexity index is 844. The van der Waals surface area contributed by atoms with E-state index in [4.69, 9.17) is 5.73 Å². The van der Waals surface area contributed by atoms with E-state index < -0.39 is 5.91 Å². The predicted molar refractivity (Wildman–Crippen MR) is 99.5 cm³/mol. The van der Waals surface area contributed by atoms with Crippen molar-refractivity contribution in [3.05, 3.63) is 77.1 Å². The average molecular weight is 352 g/mol. The molecule has 5 nitrogen and oxygen atoms in total. The maximum atomic E-state index is 11.1. The summed E-state index contributed by atoms with van der Waals surface area (Å²) in [5.41, 5.74) is 8.13. The molecule has 0 unspecified atom stereocenters. The lowest BCUT2D eigenvalue weighted by atomic mass is 10.1. The van der Waals surface area contributed by atoms with Crippen molar-refractivity contribution in [2.75, 3.05) is 0 Å². The second-order valence-corrected chi connectivity index (χ2v) is 6.60. The van der Waals surface area contributed by atoms with Gasteiger partial charge in [-0.2, -0.15) is 0 Å². The molecule has 128 valence electrons. The molecule has 1 amide bonds. The molecule has 3 aromatic rings. The van der Waals surface area contributed by atoms with Gasteiger partial charge in [0.1, 0.15) is 5.82 Å². The number of primary amides is 1. The molecule has 0 atom stereocenters. The summed E-state index contributed by atoms with van der Waals surface area (Å²) in [4.78, 5) is 11.1. The van der Waals surface area contributed by atoms with Crippen molar-refractivity contribution in [1.82, 2.24) is 14.8 Å². The molecule has 2 N–H and O–H groups in total. The number of nitrogens with two attached hydrogens (primary N) is 1. The van der Waals surface area contributed by atoms with Crippen LogP contribution in [0.1, 0.15) is 34.2 Å². The highest BCUT2D eigenvalue weighted by Crippen LogP contribution is 2.23. The van der Waals surface area contributed by atoms with Crippen LogP contribution in [0.3, 0.4) is 0 Å². The van der Waals surface area contributed by atoms with Crippen molar-refractivity contribution in [2.24, 2.45) is 5.73 Å². The van der Waals surface area contributed by atoms with E-state index in [2.05, 4.69) is 33.8 Å². The van der Waals surface area contributed by atoms with Gasteiger partial charge in [-0.25, -0.2) is 0 Å². The number of aromatic nitrogens is 3. The topological polar surface area (TPSA) is 73.8 Å². The molecular formula is C19H20N4OS. The summed E-state index contributed by atoms with van der Waals surface area (Å²) in [5.74, 6) is 1.33. The van der Waals surface area contributed by atoms with Gasteiger partial charge in [-0.05, 0) is 30.2 Å². The summed E-state index contributed by atoms with van der Waals surface area (Å²) in [6.45, 7) is 2.93. The molecule has 0 saturated heterocycles. The van der Waals surface area contributed by atoms with Crippen LogP contribution in [-0.2, 0) is 18.7 Å². The fourth-order valence-electron chi connectivity index (χ4n) is 2.57. The van der Waals surface area contributed by atoms with Gasteiger partial charge in [0.05, 0.1) is 0 Å². The van der Waals surface area contributed by atoms with Crippen LogP contribution in [0.2, 0.25) is 0 Å². The molecule has 0 spiro atoms. The van der Waals surface area contributed by atoms with Crippen molar-refractivity contribution in [1.29, 1.82) is 0 Å². The minimum Gasteiger partial charge on any atom is -0.366 e. The minimum atomic E-state index is -0.407. The third kappa shape index (κ3) is 4.28. The van der Waals surface area contributed by atoms with E-state index in [0.29, 0.717) is 5.56 Å². The molecule has 0 aliphatic carbocycles. The molecule has 0 aliphatic heterocycles. The number of carbonyl (C=O) groups excluding carboxylic acids is 1.